The van der Waals surface area contributed by atoms with E-state index in [0.29, 0.717) is 0 Å². The molecular formula is C28H23Cl2PTi. The van der Waals surface area contributed by atoms with E-state index in [9.17, 15) is 0 Å². The Balaban J connectivity index is 0.000000317. The molecule has 0 aliphatic heterocycles. The predicted molar refractivity (Wildman–Crippen MR) is 130 cm³/mol. The van der Waals surface area contributed by atoms with Crippen LogP contribution in [0.3, 0.4) is 0 Å². The number of aryl methyl sites for hydroxylation is 2. The first-order chi connectivity index (χ1) is 14.2. The topological polar surface area (TPSA) is 0 Å². The van der Waals surface area contributed by atoms with Gasteiger partial charge in [-0.25, -0.2) is 12.1 Å². The van der Waals surface area contributed by atoms with Crippen LogP contribution >= 0.6 is 7.53 Å². The molecule has 4 heteroatoms. The van der Waals surface area contributed by atoms with Crippen molar-refractivity contribution in [1.82, 2.24) is 0 Å². The molecule has 6 aromatic rings. The summed E-state index contributed by atoms with van der Waals surface area (Å²) in [5.74, 6) is 0. The minimum Gasteiger partial charge on any atom is -1.00 e. The van der Waals surface area contributed by atoms with Gasteiger partial charge in [-0.15, -0.1) is 35.0 Å². The van der Waals surface area contributed by atoms with Crippen LogP contribution in [-0.2, 0) is 21.7 Å². The van der Waals surface area contributed by atoms with Gasteiger partial charge in [0.25, 0.3) is 0 Å². The molecule has 0 saturated carbocycles. The summed E-state index contributed by atoms with van der Waals surface area (Å²) in [6.45, 7) is 4.24. The maximum atomic E-state index is 2.37. The first-order valence-electron chi connectivity index (χ1n) is 10.1. The molecule has 0 aliphatic carbocycles. The fraction of sp³-hybridized carbons (Fsp3) is 0.0714. The third kappa shape index (κ3) is 4.91. The van der Waals surface area contributed by atoms with Crippen LogP contribution in [0.5, 0.6) is 0 Å². The normalized spacial score (nSPS) is 10.1. The van der Waals surface area contributed by atoms with Crippen LogP contribution in [0.2, 0.25) is 0 Å². The van der Waals surface area contributed by atoms with Crippen LogP contribution in [0.4, 0.5) is 0 Å². The number of halogens is 2. The second-order valence-electron chi connectivity index (χ2n) is 7.60. The molecule has 1 heterocycles. The van der Waals surface area contributed by atoms with E-state index in [1.165, 1.54) is 48.2 Å². The fourth-order valence-electron chi connectivity index (χ4n) is 4.06. The first kappa shape index (κ1) is 26.5. The molecule has 0 N–H and O–H groups in total. The molecular weight excluding hydrogens is 486 g/mol. The van der Waals surface area contributed by atoms with Crippen molar-refractivity contribution in [3.63, 3.8) is 0 Å². The zero-order valence-electron chi connectivity index (χ0n) is 18.0. The van der Waals surface area contributed by atoms with Crippen molar-refractivity contribution in [2.45, 2.75) is 13.8 Å². The number of rotatable bonds is 1. The summed E-state index contributed by atoms with van der Waals surface area (Å²) in [6, 6.07) is 37.5. The van der Waals surface area contributed by atoms with E-state index in [2.05, 4.69) is 117 Å². The van der Waals surface area contributed by atoms with E-state index in [1.54, 1.807) is 0 Å². The van der Waals surface area contributed by atoms with Crippen LogP contribution in [0.25, 0.3) is 37.1 Å². The summed E-state index contributed by atoms with van der Waals surface area (Å²) in [5, 5.41) is 9.98. The summed E-state index contributed by atoms with van der Waals surface area (Å²) in [4.78, 5) is 0. The van der Waals surface area contributed by atoms with Crippen LogP contribution < -0.4 is 24.8 Å². The Bertz CT molecular complexity index is 1340. The molecule has 0 radical (unpaired) electrons. The zero-order chi connectivity index (χ0) is 19.8. The van der Waals surface area contributed by atoms with Crippen molar-refractivity contribution in [2.75, 3.05) is 0 Å². The largest absolute Gasteiger partial charge is 4.00 e. The van der Waals surface area contributed by atoms with Crippen molar-refractivity contribution in [3.8, 4) is 5.30 Å². The average Bonchev–Trinajstić information content (AvgIpc) is 3.43. The Kier molecular flexibility index (Phi) is 9.41. The van der Waals surface area contributed by atoms with E-state index in [-0.39, 0.29) is 46.5 Å². The van der Waals surface area contributed by atoms with Crippen molar-refractivity contribution >= 4 is 39.3 Å². The molecule has 0 bridgehead atoms. The molecule has 0 amide bonds. The van der Waals surface area contributed by atoms with E-state index < -0.39 is 7.53 Å². The molecule has 0 spiro atoms. The van der Waals surface area contributed by atoms with Gasteiger partial charge in [0.05, 0.1) is 0 Å². The first-order valence-corrected chi connectivity index (χ1v) is 11.4. The Labute approximate surface area is 218 Å². The molecule has 0 saturated heterocycles. The Morgan fingerprint density at radius 2 is 1.28 bits per heavy atom. The average molecular weight is 509 g/mol. The van der Waals surface area contributed by atoms with Gasteiger partial charge in [-0.1, -0.05) is 81.3 Å². The molecule has 0 nitrogen and oxygen atoms in total. The fourth-order valence-corrected chi connectivity index (χ4v) is 6.76. The summed E-state index contributed by atoms with van der Waals surface area (Å²) in [6.07, 6.45) is 0. The van der Waals surface area contributed by atoms with Crippen molar-refractivity contribution in [2.24, 2.45) is 0 Å². The second kappa shape index (κ2) is 11.4. The Morgan fingerprint density at radius 3 is 1.78 bits per heavy atom. The van der Waals surface area contributed by atoms with Gasteiger partial charge in [-0.3, -0.25) is 0 Å². The maximum absolute atomic E-state index is 2.37. The number of fused-ring (bicyclic) bond motifs is 4. The summed E-state index contributed by atoms with van der Waals surface area (Å²) >= 11 is 0. The van der Waals surface area contributed by atoms with E-state index in [0.717, 1.165) is 0 Å². The van der Waals surface area contributed by atoms with Gasteiger partial charge >= 0.3 is 21.7 Å². The maximum Gasteiger partial charge on any atom is 4.00 e. The Hall–Kier alpha value is -1.79. The van der Waals surface area contributed by atoms with Gasteiger partial charge in [0, 0.05) is 10.2 Å². The van der Waals surface area contributed by atoms with Crippen molar-refractivity contribution < 1.29 is 46.5 Å². The molecule has 0 atom stereocenters. The van der Waals surface area contributed by atoms with Gasteiger partial charge in [-0.2, -0.15) is 23.3 Å². The summed E-state index contributed by atoms with van der Waals surface area (Å²) in [7, 11) is -0.419. The third-order valence-electron chi connectivity index (χ3n) is 5.76. The molecule has 158 valence electrons. The molecule has 5 aromatic carbocycles. The van der Waals surface area contributed by atoms with E-state index >= 15 is 0 Å². The minimum atomic E-state index is -0.419. The number of hydrogen-bond donors (Lipinski definition) is 0. The molecule has 6 rings (SSSR count). The van der Waals surface area contributed by atoms with Crippen LogP contribution in [0, 0.1) is 13.8 Å². The zero-order valence-corrected chi connectivity index (χ0v) is 22.0. The third-order valence-corrected chi connectivity index (χ3v) is 8.27. The van der Waals surface area contributed by atoms with Crippen LogP contribution in [0.15, 0.2) is 103 Å². The predicted octanol–water partition coefficient (Wildman–Crippen LogP) is 2.87. The quantitative estimate of drug-likeness (QED) is 0.237. The molecule has 32 heavy (non-hydrogen) atoms. The SMILES string of the molecule is Cc1ccc[c-]1C.[Cl-].[Cl-].[Ti+4].c1ccc2[cH-]c(-p3c4ccccc4c4ccccc43)cc2c1. The molecule has 1 aromatic heterocycles. The van der Waals surface area contributed by atoms with Crippen molar-refractivity contribution in [3.05, 3.63) is 114 Å². The van der Waals surface area contributed by atoms with Gasteiger partial charge in [0.2, 0.25) is 0 Å². The molecule has 0 aliphatic rings. The summed E-state index contributed by atoms with van der Waals surface area (Å²) < 4.78 is 0. The van der Waals surface area contributed by atoms with Gasteiger partial charge in [0.1, 0.15) is 0 Å². The number of benzene rings is 3. The molecule has 0 fully saturated rings. The second-order valence-corrected chi connectivity index (χ2v) is 9.75. The van der Waals surface area contributed by atoms with Gasteiger partial charge in [-0.05, 0) is 10.8 Å². The van der Waals surface area contributed by atoms with E-state index in [4.69, 9.17) is 0 Å². The standard InChI is InChI=1S/C21H14P.C7H9.2ClH.Ti/c1-2-8-16-14-17(13-15(16)7-1)22-20-11-5-3-9-18(20)19-10-4-6-12-21(19)22;1-6-4-3-5-7(6)2;;;/h1-14H;3-5H,1-2H3;2*1H;/q2*-1;;;+4/p-2. The molecule has 0 unspecified atom stereocenters. The monoisotopic (exact) mass is 508 g/mol. The van der Waals surface area contributed by atoms with E-state index in [1.807, 2.05) is 0 Å². The number of hydrogen-bond acceptors (Lipinski definition) is 0. The van der Waals surface area contributed by atoms with Crippen molar-refractivity contribution in [1.29, 1.82) is 0 Å². The summed E-state index contributed by atoms with van der Waals surface area (Å²) in [5.41, 5.74) is 2.78. The van der Waals surface area contributed by atoms with Crippen LogP contribution in [-0.4, -0.2) is 0 Å². The van der Waals surface area contributed by atoms with Gasteiger partial charge in [0.15, 0.2) is 0 Å². The smallest absolute Gasteiger partial charge is 1.00 e. The van der Waals surface area contributed by atoms with Gasteiger partial charge < -0.3 is 24.8 Å². The Morgan fingerprint density at radius 1 is 0.719 bits per heavy atom. The minimum absolute atomic E-state index is 0. The van der Waals surface area contributed by atoms with Crippen LogP contribution in [0.1, 0.15) is 11.1 Å².